The largest absolute Gasteiger partial charge is 0.502 e. The summed E-state index contributed by atoms with van der Waals surface area (Å²) in [6.45, 7) is 8.96. The molecule has 5 nitrogen and oxygen atoms in total. The SMILES string of the molecule is CCOCc1ccc2oc(-c3ccc(N(CC)CC)cc3)c(O)c(=O)c2c1. The Morgan fingerprint density at radius 2 is 1.74 bits per heavy atom. The number of hydrogen-bond acceptors (Lipinski definition) is 5. The molecule has 2 aromatic carbocycles. The third kappa shape index (κ3) is 3.83. The quantitative estimate of drug-likeness (QED) is 0.664. The fourth-order valence-corrected chi connectivity index (χ4v) is 3.15. The lowest BCUT2D eigenvalue weighted by atomic mass is 10.1. The first kappa shape index (κ1) is 19.0. The number of aromatic hydroxyl groups is 1. The Hall–Kier alpha value is -2.79. The smallest absolute Gasteiger partial charge is 0.235 e. The van der Waals surface area contributed by atoms with Crippen molar-refractivity contribution in [3.63, 3.8) is 0 Å². The maximum Gasteiger partial charge on any atom is 0.235 e. The van der Waals surface area contributed by atoms with E-state index in [1.807, 2.05) is 37.3 Å². The molecule has 0 saturated carbocycles. The van der Waals surface area contributed by atoms with Gasteiger partial charge in [0.25, 0.3) is 0 Å². The molecule has 0 saturated heterocycles. The lowest BCUT2D eigenvalue weighted by Crippen LogP contribution is -2.21. The zero-order chi connectivity index (χ0) is 19.4. The van der Waals surface area contributed by atoms with Gasteiger partial charge in [0.1, 0.15) is 5.58 Å². The van der Waals surface area contributed by atoms with E-state index in [-0.39, 0.29) is 11.5 Å². The van der Waals surface area contributed by atoms with E-state index in [1.165, 1.54) is 0 Å². The second-order valence-corrected chi connectivity index (χ2v) is 6.30. The molecule has 0 amide bonds. The zero-order valence-electron chi connectivity index (χ0n) is 16.0. The molecule has 3 aromatic rings. The van der Waals surface area contributed by atoms with Gasteiger partial charge >= 0.3 is 0 Å². The van der Waals surface area contributed by atoms with Crippen molar-refractivity contribution >= 4 is 16.7 Å². The number of nitrogens with zero attached hydrogens (tertiary/aromatic N) is 1. The lowest BCUT2D eigenvalue weighted by Gasteiger charge is -2.21. The summed E-state index contributed by atoms with van der Waals surface area (Å²) in [6, 6.07) is 13.0. The predicted octanol–water partition coefficient (Wildman–Crippen LogP) is 4.55. The Labute approximate surface area is 158 Å². The Kier molecular flexibility index (Phi) is 5.81. The van der Waals surface area contributed by atoms with E-state index in [0.29, 0.717) is 29.7 Å². The summed E-state index contributed by atoms with van der Waals surface area (Å²) in [5.41, 5.74) is 2.64. The highest BCUT2D eigenvalue weighted by molar-refractivity contribution is 5.82. The number of ether oxygens (including phenoxy) is 1. The van der Waals surface area contributed by atoms with Crippen LogP contribution in [0.25, 0.3) is 22.3 Å². The zero-order valence-corrected chi connectivity index (χ0v) is 16.0. The highest BCUT2D eigenvalue weighted by Gasteiger charge is 2.16. The average Bonchev–Trinajstić information content (AvgIpc) is 2.71. The molecule has 0 aliphatic carbocycles. The van der Waals surface area contributed by atoms with Gasteiger partial charge in [0.15, 0.2) is 5.76 Å². The molecule has 27 heavy (non-hydrogen) atoms. The van der Waals surface area contributed by atoms with E-state index in [1.54, 1.807) is 12.1 Å². The molecule has 5 heteroatoms. The molecule has 0 bridgehead atoms. The molecule has 142 valence electrons. The van der Waals surface area contributed by atoms with E-state index in [2.05, 4.69) is 18.7 Å². The summed E-state index contributed by atoms with van der Waals surface area (Å²) in [4.78, 5) is 14.9. The molecule has 0 radical (unpaired) electrons. The molecular formula is C22H25NO4. The normalized spacial score (nSPS) is 11.1. The van der Waals surface area contributed by atoms with Gasteiger partial charge in [-0.2, -0.15) is 0 Å². The molecule has 0 unspecified atom stereocenters. The minimum Gasteiger partial charge on any atom is -0.502 e. The highest BCUT2D eigenvalue weighted by Crippen LogP contribution is 2.31. The topological polar surface area (TPSA) is 62.9 Å². The van der Waals surface area contributed by atoms with Crippen molar-refractivity contribution in [2.45, 2.75) is 27.4 Å². The van der Waals surface area contributed by atoms with Crippen LogP contribution in [0.4, 0.5) is 5.69 Å². The molecule has 0 fully saturated rings. The van der Waals surface area contributed by atoms with Crippen molar-refractivity contribution in [1.82, 2.24) is 0 Å². The first-order chi connectivity index (χ1) is 13.1. The molecule has 1 N–H and O–H groups in total. The summed E-state index contributed by atoms with van der Waals surface area (Å²) < 4.78 is 11.2. The standard InChI is InChI=1S/C22H25NO4/c1-4-23(5-2)17-10-8-16(9-11-17)22-21(25)20(24)18-13-15(14-26-6-3)7-12-19(18)27-22/h7-13,25H,4-6,14H2,1-3H3. The Morgan fingerprint density at radius 1 is 1.04 bits per heavy atom. The molecule has 0 aliphatic rings. The second kappa shape index (κ2) is 8.27. The first-order valence-electron chi connectivity index (χ1n) is 9.30. The van der Waals surface area contributed by atoms with Gasteiger partial charge in [-0.25, -0.2) is 0 Å². The van der Waals surface area contributed by atoms with Gasteiger partial charge in [0.2, 0.25) is 11.2 Å². The fraction of sp³-hybridized carbons (Fsp3) is 0.318. The van der Waals surface area contributed by atoms with E-state index in [4.69, 9.17) is 9.15 Å². The summed E-state index contributed by atoms with van der Waals surface area (Å²) >= 11 is 0. The van der Waals surface area contributed by atoms with Gasteiger partial charge in [0.05, 0.1) is 12.0 Å². The van der Waals surface area contributed by atoms with E-state index < -0.39 is 5.43 Å². The molecule has 3 rings (SSSR count). The van der Waals surface area contributed by atoms with Crippen LogP contribution in [-0.2, 0) is 11.3 Å². The number of rotatable bonds is 7. The van der Waals surface area contributed by atoms with Gasteiger partial charge in [-0.05, 0) is 62.7 Å². The van der Waals surface area contributed by atoms with Crippen LogP contribution in [0.3, 0.4) is 0 Å². The summed E-state index contributed by atoms with van der Waals surface area (Å²) in [6.07, 6.45) is 0. The van der Waals surface area contributed by atoms with E-state index in [9.17, 15) is 9.90 Å². The Balaban J connectivity index is 2.02. The first-order valence-corrected chi connectivity index (χ1v) is 9.30. The number of hydrogen-bond donors (Lipinski definition) is 1. The highest BCUT2D eigenvalue weighted by atomic mass is 16.5. The molecule has 0 atom stereocenters. The average molecular weight is 367 g/mol. The van der Waals surface area contributed by atoms with Crippen LogP contribution >= 0.6 is 0 Å². The maximum atomic E-state index is 12.7. The van der Waals surface area contributed by atoms with Gasteiger partial charge in [0, 0.05) is 30.9 Å². The third-order valence-corrected chi connectivity index (χ3v) is 4.66. The molecule has 1 heterocycles. The van der Waals surface area contributed by atoms with Crippen LogP contribution in [0.2, 0.25) is 0 Å². The van der Waals surface area contributed by atoms with Crippen molar-refractivity contribution in [3.05, 3.63) is 58.3 Å². The van der Waals surface area contributed by atoms with Crippen LogP contribution in [0.5, 0.6) is 5.75 Å². The molecule has 1 aromatic heterocycles. The Bertz CT molecular complexity index is 972. The van der Waals surface area contributed by atoms with E-state index >= 15 is 0 Å². The monoisotopic (exact) mass is 367 g/mol. The van der Waals surface area contributed by atoms with Crippen LogP contribution in [-0.4, -0.2) is 24.8 Å². The Morgan fingerprint density at radius 3 is 2.37 bits per heavy atom. The fourth-order valence-electron chi connectivity index (χ4n) is 3.15. The number of anilines is 1. The van der Waals surface area contributed by atoms with Crippen molar-refractivity contribution in [2.75, 3.05) is 24.6 Å². The molecular weight excluding hydrogens is 342 g/mol. The lowest BCUT2D eigenvalue weighted by molar-refractivity contribution is 0.134. The number of fused-ring (bicyclic) bond motifs is 1. The van der Waals surface area contributed by atoms with Crippen LogP contribution in [0.15, 0.2) is 51.7 Å². The molecule has 0 spiro atoms. The van der Waals surface area contributed by atoms with Crippen LogP contribution in [0, 0.1) is 0 Å². The summed E-state index contributed by atoms with van der Waals surface area (Å²) in [5, 5.41) is 10.8. The van der Waals surface area contributed by atoms with Gasteiger partial charge < -0.3 is 19.2 Å². The maximum absolute atomic E-state index is 12.7. The van der Waals surface area contributed by atoms with Crippen molar-refractivity contribution < 1.29 is 14.3 Å². The minimum atomic E-state index is -0.433. The van der Waals surface area contributed by atoms with Crippen molar-refractivity contribution in [3.8, 4) is 17.1 Å². The number of benzene rings is 2. The van der Waals surface area contributed by atoms with Crippen molar-refractivity contribution in [1.29, 1.82) is 0 Å². The van der Waals surface area contributed by atoms with E-state index in [0.717, 1.165) is 24.3 Å². The second-order valence-electron chi connectivity index (χ2n) is 6.30. The minimum absolute atomic E-state index is 0.191. The molecule has 0 aliphatic heterocycles. The van der Waals surface area contributed by atoms with Gasteiger partial charge in [-0.3, -0.25) is 4.79 Å². The van der Waals surface area contributed by atoms with Gasteiger partial charge in [-0.15, -0.1) is 0 Å². The van der Waals surface area contributed by atoms with Crippen LogP contribution in [0.1, 0.15) is 26.3 Å². The summed E-state index contributed by atoms with van der Waals surface area (Å²) in [7, 11) is 0. The van der Waals surface area contributed by atoms with Gasteiger partial charge in [-0.1, -0.05) is 6.07 Å². The third-order valence-electron chi connectivity index (χ3n) is 4.66. The predicted molar refractivity (Wildman–Crippen MR) is 108 cm³/mol. The summed E-state index contributed by atoms with van der Waals surface area (Å²) in [5.74, 6) is -0.178. The van der Waals surface area contributed by atoms with Crippen molar-refractivity contribution in [2.24, 2.45) is 0 Å². The van der Waals surface area contributed by atoms with Crippen LogP contribution < -0.4 is 10.3 Å².